The number of piperidine rings is 2. The molecule has 3 fully saturated rings. The molecule has 3 N–H and O–H groups in total. The molecule has 4 aliphatic heterocycles. The highest BCUT2D eigenvalue weighted by atomic mass is 35.5. The number of halogens is 4. The molecule has 2 aromatic carbocycles. The van der Waals surface area contributed by atoms with E-state index in [2.05, 4.69) is 20.9 Å². The quantitative estimate of drug-likeness (QED) is 0.378. The smallest absolute Gasteiger partial charge is 0.418 e. The lowest BCUT2D eigenvalue weighted by molar-refractivity contribution is -0.143. The van der Waals surface area contributed by atoms with E-state index in [1.54, 1.807) is 9.80 Å². The van der Waals surface area contributed by atoms with E-state index in [-0.39, 0.29) is 34.8 Å². The number of para-hydroxylation sites is 1. The van der Waals surface area contributed by atoms with Crippen molar-refractivity contribution in [1.82, 2.24) is 24.9 Å². The van der Waals surface area contributed by atoms with Gasteiger partial charge in [-0.3, -0.25) is 9.69 Å². The molecule has 2 aromatic rings. The molecule has 0 bridgehead atoms. The van der Waals surface area contributed by atoms with Crippen LogP contribution in [0.15, 0.2) is 36.4 Å². The number of nitrogens with one attached hydrogen (secondary N) is 3. The first kappa shape index (κ1) is 35.1. The Morgan fingerprint density at radius 2 is 1.67 bits per heavy atom. The monoisotopic (exact) mass is 705 g/mol. The molecule has 4 heterocycles. The van der Waals surface area contributed by atoms with Crippen molar-refractivity contribution < 1.29 is 32.3 Å². The number of hydrogen-bond acceptors (Lipinski definition) is 7. The molecule has 0 radical (unpaired) electrons. The standard InChI is InChI=1S/C34H43ClF3N7O4/c1-39-30-26(34(36,37)38)18-22(19-27(30)35)20-29(31(46)43-16-14-42(15-17-43)24-6-10-40-11-7-24)49-33(48)44-12-8-25(9-13-44)45-21-23-4-2-3-5-28(23)41-32(45)47/h2-5,18-19,24-25,29,39-40H,6-17,20-21H2,1H3,(H,41,47)/t29-/m1/s1. The van der Waals surface area contributed by atoms with Gasteiger partial charge in [0.05, 0.1) is 16.3 Å². The lowest BCUT2D eigenvalue weighted by Gasteiger charge is -2.42. The number of carbonyl (C=O) groups excluding carboxylic acids is 3. The maximum Gasteiger partial charge on any atom is 0.418 e. The largest absolute Gasteiger partial charge is 0.436 e. The number of carbonyl (C=O) groups is 3. The minimum Gasteiger partial charge on any atom is -0.436 e. The fourth-order valence-electron chi connectivity index (χ4n) is 7.41. The van der Waals surface area contributed by atoms with Gasteiger partial charge in [0.25, 0.3) is 5.91 Å². The molecule has 0 saturated carbocycles. The number of piperazine rings is 1. The van der Waals surface area contributed by atoms with Crippen molar-refractivity contribution in [3.8, 4) is 0 Å². The summed E-state index contributed by atoms with van der Waals surface area (Å²) in [5.74, 6) is -0.445. The summed E-state index contributed by atoms with van der Waals surface area (Å²) in [6, 6.07) is 10.1. The van der Waals surface area contributed by atoms with E-state index in [1.807, 2.05) is 24.3 Å². The van der Waals surface area contributed by atoms with Gasteiger partial charge in [-0.25, -0.2) is 9.59 Å². The molecule has 266 valence electrons. The maximum atomic E-state index is 14.0. The Balaban J connectivity index is 1.14. The summed E-state index contributed by atoms with van der Waals surface area (Å²) >= 11 is 6.27. The number of hydrogen-bond donors (Lipinski definition) is 3. The van der Waals surface area contributed by atoms with Gasteiger partial charge >= 0.3 is 18.3 Å². The summed E-state index contributed by atoms with van der Waals surface area (Å²) in [7, 11) is 1.35. The first-order valence-electron chi connectivity index (χ1n) is 16.9. The highest BCUT2D eigenvalue weighted by Gasteiger charge is 2.38. The predicted molar refractivity (Wildman–Crippen MR) is 180 cm³/mol. The summed E-state index contributed by atoms with van der Waals surface area (Å²) in [6.07, 6.45) is -3.94. The lowest BCUT2D eigenvalue weighted by Crippen LogP contribution is -2.56. The SMILES string of the molecule is CNc1c(Cl)cc(C[C@@H](OC(=O)N2CCC(N3Cc4ccccc4NC3=O)CC2)C(=O)N2CCN(C3CCNCC3)CC2)cc1C(F)(F)F. The molecular weight excluding hydrogens is 663 g/mol. The molecule has 0 aromatic heterocycles. The van der Waals surface area contributed by atoms with Gasteiger partial charge in [-0.15, -0.1) is 0 Å². The van der Waals surface area contributed by atoms with Crippen molar-refractivity contribution in [3.05, 3.63) is 58.1 Å². The first-order chi connectivity index (χ1) is 23.5. The van der Waals surface area contributed by atoms with Crippen LogP contribution in [0.3, 0.4) is 0 Å². The minimum absolute atomic E-state index is 0.0975. The van der Waals surface area contributed by atoms with Gasteiger partial charge in [-0.2, -0.15) is 13.2 Å². The number of fused-ring (bicyclic) bond motifs is 1. The Labute approximate surface area is 289 Å². The van der Waals surface area contributed by atoms with Gasteiger partial charge in [-0.05, 0) is 68.1 Å². The first-order valence-corrected chi connectivity index (χ1v) is 17.3. The lowest BCUT2D eigenvalue weighted by atomic mass is 10.0. The van der Waals surface area contributed by atoms with Crippen molar-refractivity contribution in [2.75, 3.05) is 70.0 Å². The Bertz CT molecular complexity index is 1520. The van der Waals surface area contributed by atoms with Crippen molar-refractivity contribution in [1.29, 1.82) is 0 Å². The zero-order chi connectivity index (χ0) is 34.7. The molecule has 3 saturated heterocycles. The molecule has 4 aliphatic rings. The van der Waals surface area contributed by atoms with Crippen molar-refractivity contribution in [2.24, 2.45) is 0 Å². The molecule has 15 heteroatoms. The van der Waals surface area contributed by atoms with E-state index in [0.717, 1.165) is 43.2 Å². The number of anilines is 2. The Hall–Kier alpha value is -3.75. The summed E-state index contributed by atoms with van der Waals surface area (Å²) in [4.78, 5) is 47.7. The zero-order valence-electron chi connectivity index (χ0n) is 27.5. The number of benzene rings is 2. The molecule has 0 unspecified atom stereocenters. The fraction of sp³-hybridized carbons (Fsp3) is 0.559. The predicted octanol–water partition coefficient (Wildman–Crippen LogP) is 4.86. The molecule has 0 aliphatic carbocycles. The van der Waals surface area contributed by atoms with Gasteiger partial charge in [-0.1, -0.05) is 29.8 Å². The van der Waals surface area contributed by atoms with Crippen molar-refractivity contribution >= 4 is 41.0 Å². The van der Waals surface area contributed by atoms with Crippen LogP contribution in [0.5, 0.6) is 0 Å². The third kappa shape index (κ3) is 8.02. The van der Waals surface area contributed by atoms with Crippen molar-refractivity contribution in [3.63, 3.8) is 0 Å². The number of alkyl halides is 3. The molecule has 49 heavy (non-hydrogen) atoms. The van der Waals surface area contributed by atoms with Crippen LogP contribution in [-0.4, -0.2) is 115 Å². The van der Waals surface area contributed by atoms with Crippen molar-refractivity contribution in [2.45, 2.75) is 63.0 Å². The van der Waals surface area contributed by atoms with E-state index in [1.165, 1.54) is 18.0 Å². The average molecular weight is 706 g/mol. The molecular formula is C34H43ClF3N7O4. The zero-order valence-corrected chi connectivity index (χ0v) is 28.3. The average Bonchev–Trinajstić information content (AvgIpc) is 3.10. The topological polar surface area (TPSA) is 109 Å². The van der Waals surface area contributed by atoms with E-state index in [0.29, 0.717) is 64.7 Å². The van der Waals surface area contributed by atoms with E-state index in [9.17, 15) is 27.6 Å². The number of urea groups is 1. The molecule has 11 nitrogen and oxygen atoms in total. The molecule has 6 rings (SSSR count). The Morgan fingerprint density at radius 1 is 0.980 bits per heavy atom. The Kier molecular flexibility index (Phi) is 10.8. The normalized spacial score (nSPS) is 20.4. The van der Waals surface area contributed by atoms with Gasteiger partial charge in [0.2, 0.25) is 0 Å². The summed E-state index contributed by atoms with van der Waals surface area (Å²) in [5, 5.41) is 8.66. The van der Waals surface area contributed by atoms with E-state index in [4.69, 9.17) is 16.3 Å². The highest BCUT2D eigenvalue weighted by molar-refractivity contribution is 6.33. The minimum atomic E-state index is -4.70. The van der Waals surface area contributed by atoms with Crippen LogP contribution < -0.4 is 16.0 Å². The third-order valence-electron chi connectivity index (χ3n) is 10.1. The number of likely N-dealkylation sites (tertiary alicyclic amines) is 1. The van der Waals surface area contributed by atoms with Crippen LogP contribution in [0.1, 0.15) is 42.4 Å². The van der Waals surface area contributed by atoms with E-state index < -0.39 is 29.8 Å². The summed E-state index contributed by atoms with van der Waals surface area (Å²) < 4.78 is 47.8. The van der Waals surface area contributed by atoms with Crippen LogP contribution in [0.25, 0.3) is 0 Å². The second-order valence-corrected chi connectivity index (χ2v) is 13.5. The third-order valence-corrected chi connectivity index (χ3v) is 10.4. The maximum absolute atomic E-state index is 14.0. The van der Waals surface area contributed by atoms with Gasteiger partial charge in [0.1, 0.15) is 0 Å². The molecule has 0 spiro atoms. The second-order valence-electron chi connectivity index (χ2n) is 13.1. The van der Waals surface area contributed by atoms with Gasteiger partial charge < -0.3 is 35.4 Å². The van der Waals surface area contributed by atoms with Crippen LogP contribution in [0.4, 0.5) is 34.1 Å². The van der Waals surface area contributed by atoms with Crippen LogP contribution in [0, 0.1) is 0 Å². The number of nitrogens with zero attached hydrogens (tertiary/aromatic N) is 4. The van der Waals surface area contributed by atoms with Crippen LogP contribution in [-0.2, 0) is 28.7 Å². The molecule has 1 atom stereocenters. The summed E-state index contributed by atoms with van der Waals surface area (Å²) in [5.41, 5.74) is 0.708. The van der Waals surface area contributed by atoms with Gasteiger partial charge in [0.15, 0.2) is 6.10 Å². The number of ether oxygens (including phenoxy) is 1. The van der Waals surface area contributed by atoms with E-state index >= 15 is 0 Å². The summed E-state index contributed by atoms with van der Waals surface area (Å²) in [6.45, 7) is 5.15. The van der Waals surface area contributed by atoms with Crippen LogP contribution >= 0.6 is 11.6 Å². The molecule has 4 amide bonds. The highest BCUT2D eigenvalue weighted by Crippen LogP contribution is 2.40. The van der Waals surface area contributed by atoms with Crippen LogP contribution in [0.2, 0.25) is 5.02 Å². The number of rotatable bonds is 7. The van der Waals surface area contributed by atoms with Gasteiger partial charge in [0, 0.05) is 77.1 Å². The fourth-order valence-corrected chi connectivity index (χ4v) is 7.74. The number of amides is 4. The Morgan fingerprint density at radius 3 is 2.35 bits per heavy atom. The second kappa shape index (κ2) is 15.0.